The highest BCUT2D eigenvalue weighted by Crippen LogP contribution is 2.30. The van der Waals surface area contributed by atoms with E-state index in [0.29, 0.717) is 18.6 Å². The normalized spacial score (nSPS) is 20.5. The molecule has 0 aromatic heterocycles. The zero-order chi connectivity index (χ0) is 22.1. The van der Waals surface area contributed by atoms with E-state index in [1.165, 1.54) is 5.57 Å². The fraction of sp³-hybridized carbons (Fsp3) is 0.346. The first-order chi connectivity index (χ1) is 15.0. The van der Waals surface area contributed by atoms with Gasteiger partial charge in [0.1, 0.15) is 0 Å². The van der Waals surface area contributed by atoms with Crippen LogP contribution in [0.15, 0.2) is 66.7 Å². The van der Waals surface area contributed by atoms with Crippen molar-refractivity contribution < 1.29 is 24.2 Å². The zero-order valence-electron chi connectivity index (χ0n) is 17.5. The number of carboxylic acid groups (broad SMARTS) is 1. The molecule has 1 saturated heterocycles. The van der Waals surface area contributed by atoms with Gasteiger partial charge in [0.05, 0.1) is 18.4 Å². The third kappa shape index (κ3) is 6.64. The van der Waals surface area contributed by atoms with Gasteiger partial charge in [-0.15, -0.1) is 0 Å². The monoisotopic (exact) mass is 420 g/mol. The number of aliphatic carboxylic acids is 1. The van der Waals surface area contributed by atoms with E-state index in [-0.39, 0.29) is 30.0 Å². The Labute approximate surface area is 182 Å². The summed E-state index contributed by atoms with van der Waals surface area (Å²) in [5, 5.41) is 8.98. The molecule has 2 aliphatic rings. The van der Waals surface area contributed by atoms with Crippen LogP contribution in [0.1, 0.15) is 54.4 Å². The van der Waals surface area contributed by atoms with E-state index >= 15 is 0 Å². The van der Waals surface area contributed by atoms with E-state index in [9.17, 15) is 14.4 Å². The molecule has 5 heteroatoms. The summed E-state index contributed by atoms with van der Waals surface area (Å²) in [5.74, 6) is -1.33. The number of carboxylic acids is 1. The first-order valence-corrected chi connectivity index (χ1v) is 10.8. The van der Waals surface area contributed by atoms with Gasteiger partial charge in [-0.2, -0.15) is 0 Å². The number of esters is 1. The minimum absolute atomic E-state index is 0.0180. The van der Waals surface area contributed by atoms with Crippen LogP contribution in [0, 0.1) is 11.8 Å². The second-order valence-electron chi connectivity index (χ2n) is 7.91. The highest BCUT2D eigenvalue weighted by molar-refractivity contribution is 5.98. The van der Waals surface area contributed by atoms with E-state index < -0.39 is 5.97 Å². The Bertz CT molecular complexity index is 917. The molecule has 2 atom stereocenters. The first kappa shape index (κ1) is 22.5. The molecule has 1 heterocycles. The maximum Gasteiger partial charge on any atom is 0.309 e. The number of allylic oxidation sites excluding steroid dienone is 2. The lowest BCUT2D eigenvalue weighted by Crippen LogP contribution is -2.26. The quantitative estimate of drug-likeness (QED) is 0.533. The summed E-state index contributed by atoms with van der Waals surface area (Å²) in [6.07, 6.45) is 6.36. The smallest absolute Gasteiger partial charge is 0.309 e. The van der Waals surface area contributed by atoms with Gasteiger partial charge in [-0.05, 0) is 43.2 Å². The molecule has 1 aliphatic heterocycles. The van der Waals surface area contributed by atoms with Crippen LogP contribution in [0.5, 0.6) is 0 Å². The number of benzene rings is 2. The van der Waals surface area contributed by atoms with Crippen molar-refractivity contribution in [1.82, 2.24) is 0 Å². The molecule has 1 aliphatic carbocycles. The van der Waals surface area contributed by atoms with Crippen LogP contribution in [-0.2, 0) is 14.3 Å². The van der Waals surface area contributed by atoms with Crippen molar-refractivity contribution in [2.24, 2.45) is 11.8 Å². The van der Waals surface area contributed by atoms with Gasteiger partial charge in [0.15, 0.2) is 5.78 Å². The summed E-state index contributed by atoms with van der Waals surface area (Å²) in [7, 11) is 0. The fourth-order valence-corrected chi connectivity index (χ4v) is 3.90. The molecule has 0 spiro atoms. The van der Waals surface area contributed by atoms with Crippen LogP contribution >= 0.6 is 0 Å². The molecule has 0 amide bonds. The molecule has 1 fully saturated rings. The number of ketones is 1. The second kappa shape index (κ2) is 11.3. The van der Waals surface area contributed by atoms with Gasteiger partial charge in [-0.1, -0.05) is 66.7 Å². The lowest BCUT2D eigenvalue weighted by atomic mass is 9.86. The topological polar surface area (TPSA) is 80.7 Å². The number of hydrogen-bond donors (Lipinski definition) is 1. The molecule has 0 saturated carbocycles. The standard InChI is InChI=1S/C13H14O3.C13H14O2/c14-12(10-5-2-1-3-6-10)9-11-7-4-8-16-13(11)15;14-13(15)12-8-4-7-11(9-12)10-5-2-1-3-6-10/h1-3,5-6,11H,4,7-9H2;1-3,5-7,12H,4,8-9H2,(H,14,15). The Morgan fingerprint density at radius 3 is 2.29 bits per heavy atom. The van der Waals surface area contributed by atoms with Gasteiger partial charge in [0, 0.05) is 12.0 Å². The lowest BCUT2D eigenvalue weighted by molar-refractivity contribution is -0.152. The number of carbonyl (C=O) groups excluding carboxylic acids is 2. The van der Waals surface area contributed by atoms with Crippen molar-refractivity contribution >= 4 is 23.3 Å². The highest BCUT2D eigenvalue weighted by atomic mass is 16.5. The van der Waals surface area contributed by atoms with Crippen LogP contribution in [-0.4, -0.2) is 29.4 Å². The van der Waals surface area contributed by atoms with Gasteiger partial charge >= 0.3 is 11.9 Å². The van der Waals surface area contributed by atoms with Crippen molar-refractivity contribution in [2.45, 2.75) is 38.5 Å². The number of carbonyl (C=O) groups is 3. The zero-order valence-corrected chi connectivity index (χ0v) is 17.5. The minimum atomic E-state index is -0.670. The SMILES string of the molecule is O=C(CC1CCCOC1=O)c1ccccc1.O=C(O)C1CCC=C(c2ccccc2)C1. The van der Waals surface area contributed by atoms with Crippen LogP contribution in [0.4, 0.5) is 0 Å². The van der Waals surface area contributed by atoms with Gasteiger partial charge in [-0.3, -0.25) is 14.4 Å². The molecule has 5 nitrogen and oxygen atoms in total. The predicted octanol–water partition coefficient (Wildman–Crippen LogP) is 5.17. The van der Waals surface area contributed by atoms with Crippen molar-refractivity contribution in [1.29, 1.82) is 0 Å². The summed E-state index contributed by atoms with van der Waals surface area (Å²) in [5.41, 5.74) is 3.00. The van der Waals surface area contributed by atoms with Crippen molar-refractivity contribution in [3.05, 3.63) is 77.9 Å². The maximum absolute atomic E-state index is 11.9. The number of rotatable bonds is 5. The summed E-state index contributed by atoms with van der Waals surface area (Å²) in [6, 6.07) is 19.1. The van der Waals surface area contributed by atoms with Gasteiger partial charge in [0.2, 0.25) is 0 Å². The molecule has 2 aromatic rings. The summed E-state index contributed by atoms with van der Waals surface area (Å²) in [6.45, 7) is 0.495. The van der Waals surface area contributed by atoms with Crippen molar-refractivity contribution in [3.63, 3.8) is 0 Å². The lowest BCUT2D eigenvalue weighted by Gasteiger charge is -2.19. The highest BCUT2D eigenvalue weighted by Gasteiger charge is 2.26. The van der Waals surface area contributed by atoms with Crippen LogP contribution in [0.2, 0.25) is 0 Å². The molecule has 0 radical (unpaired) electrons. The largest absolute Gasteiger partial charge is 0.481 e. The van der Waals surface area contributed by atoms with Gasteiger partial charge < -0.3 is 9.84 Å². The molecule has 4 rings (SSSR count). The Hall–Kier alpha value is -3.21. The fourth-order valence-electron chi connectivity index (χ4n) is 3.90. The molecule has 1 N–H and O–H groups in total. The van der Waals surface area contributed by atoms with E-state index in [0.717, 1.165) is 31.2 Å². The van der Waals surface area contributed by atoms with Crippen LogP contribution < -0.4 is 0 Å². The molecule has 2 unspecified atom stereocenters. The Balaban J connectivity index is 0.000000176. The van der Waals surface area contributed by atoms with E-state index in [1.807, 2.05) is 48.5 Å². The van der Waals surface area contributed by atoms with Gasteiger partial charge in [0.25, 0.3) is 0 Å². The number of cyclic esters (lactones) is 1. The minimum Gasteiger partial charge on any atom is -0.481 e. The average molecular weight is 421 g/mol. The Morgan fingerprint density at radius 2 is 1.65 bits per heavy atom. The summed E-state index contributed by atoms with van der Waals surface area (Å²) < 4.78 is 4.94. The third-order valence-corrected chi connectivity index (χ3v) is 5.67. The predicted molar refractivity (Wildman–Crippen MR) is 118 cm³/mol. The maximum atomic E-state index is 11.9. The van der Waals surface area contributed by atoms with Gasteiger partial charge in [-0.25, -0.2) is 0 Å². The second-order valence-corrected chi connectivity index (χ2v) is 7.91. The molecule has 0 bridgehead atoms. The Kier molecular flexibility index (Phi) is 8.16. The Morgan fingerprint density at radius 1 is 0.968 bits per heavy atom. The van der Waals surface area contributed by atoms with Crippen LogP contribution in [0.25, 0.3) is 5.57 Å². The number of Topliss-reactive ketones (excluding diaryl/α,β-unsaturated/α-hetero) is 1. The molecule has 162 valence electrons. The summed E-state index contributed by atoms with van der Waals surface area (Å²) in [4.78, 5) is 34.1. The third-order valence-electron chi connectivity index (χ3n) is 5.67. The number of ether oxygens (including phenoxy) is 1. The average Bonchev–Trinajstić information content (AvgIpc) is 2.82. The van der Waals surface area contributed by atoms with E-state index in [1.54, 1.807) is 12.1 Å². The molecule has 2 aromatic carbocycles. The van der Waals surface area contributed by atoms with Crippen LogP contribution in [0.3, 0.4) is 0 Å². The number of hydrogen-bond acceptors (Lipinski definition) is 4. The van der Waals surface area contributed by atoms with E-state index in [2.05, 4.69) is 6.08 Å². The van der Waals surface area contributed by atoms with Crippen molar-refractivity contribution in [2.75, 3.05) is 6.61 Å². The molecular formula is C26H28O5. The molecule has 31 heavy (non-hydrogen) atoms. The van der Waals surface area contributed by atoms with E-state index in [4.69, 9.17) is 9.84 Å². The first-order valence-electron chi connectivity index (χ1n) is 10.8. The van der Waals surface area contributed by atoms with Crippen molar-refractivity contribution in [3.8, 4) is 0 Å². The summed E-state index contributed by atoms with van der Waals surface area (Å²) >= 11 is 0. The molecular weight excluding hydrogens is 392 g/mol.